The number of aryl methyl sites for hydroxylation is 1. The molecule has 0 saturated heterocycles. The molecule has 1 aliphatic heterocycles. The van der Waals surface area contributed by atoms with Gasteiger partial charge in [-0.15, -0.1) is 0 Å². The number of carbonyl (C=O) groups excluding carboxylic acids is 1. The average Bonchev–Trinajstić information content (AvgIpc) is 3.24. The lowest BCUT2D eigenvalue weighted by molar-refractivity contribution is -0.139. The summed E-state index contributed by atoms with van der Waals surface area (Å²) in [6.07, 6.45) is 5.19. The monoisotopic (exact) mass is 426 g/mol. The van der Waals surface area contributed by atoms with Crippen molar-refractivity contribution >= 4 is 23.4 Å². The normalized spacial score (nSPS) is 16.4. The molecular formula is C21H19FN4O3S. The van der Waals surface area contributed by atoms with Gasteiger partial charge in [-0.05, 0) is 37.6 Å². The van der Waals surface area contributed by atoms with Gasteiger partial charge in [0.2, 0.25) is 0 Å². The number of nitrogens with zero attached hydrogens (tertiary/aromatic N) is 4. The average molecular weight is 426 g/mol. The molecule has 0 bridgehead atoms. The molecule has 0 spiro atoms. The number of fused-ring (bicyclic) bond motifs is 1. The molecule has 0 saturated carbocycles. The Morgan fingerprint density at radius 3 is 2.70 bits per heavy atom. The highest BCUT2D eigenvalue weighted by molar-refractivity contribution is 7.07. The fourth-order valence-electron chi connectivity index (χ4n) is 3.42. The van der Waals surface area contributed by atoms with Gasteiger partial charge in [0.1, 0.15) is 5.82 Å². The third-order valence-corrected chi connectivity index (χ3v) is 5.71. The van der Waals surface area contributed by atoms with Crippen molar-refractivity contribution in [2.45, 2.75) is 19.9 Å². The van der Waals surface area contributed by atoms with Crippen molar-refractivity contribution in [2.75, 3.05) is 6.61 Å². The topological polar surface area (TPSA) is 78.5 Å². The minimum absolute atomic E-state index is 0.192. The molecule has 0 N–H and O–H groups in total. The number of halogens is 1. The van der Waals surface area contributed by atoms with Crippen molar-refractivity contribution in [3.8, 4) is 0 Å². The Morgan fingerprint density at radius 1 is 1.33 bits per heavy atom. The number of aromatic nitrogens is 3. The lowest BCUT2D eigenvalue weighted by Crippen LogP contribution is -2.39. The number of carbonyl (C=O) groups is 1. The highest BCUT2D eigenvalue weighted by Gasteiger charge is 2.33. The Hall–Kier alpha value is -3.33. The molecule has 0 radical (unpaired) electrons. The minimum Gasteiger partial charge on any atom is -0.463 e. The van der Waals surface area contributed by atoms with E-state index >= 15 is 0 Å². The van der Waals surface area contributed by atoms with E-state index in [9.17, 15) is 14.0 Å². The van der Waals surface area contributed by atoms with Gasteiger partial charge in [0.25, 0.3) is 5.56 Å². The van der Waals surface area contributed by atoms with Crippen LogP contribution in [0, 0.1) is 5.82 Å². The third kappa shape index (κ3) is 3.52. The van der Waals surface area contributed by atoms with Crippen molar-refractivity contribution in [1.29, 1.82) is 0 Å². The van der Waals surface area contributed by atoms with Gasteiger partial charge in [-0.3, -0.25) is 14.0 Å². The molecule has 3 heterocycles. The summed E-state index contributed by atoms with van der Waals surface area (Å²) >= 11 is 1.23. The molecule has 3 aromatic rings. The van der Waals surface area contributed by atoms with Crippen molar-refractivity contribution in [1.82, 2.24) is 14.3 Å². The van der Waals surface area contributed by atoms with Crippen LogP contribution in [0.4, 0.5) is 4.39 Å². The zero-order valence-corrected chi connectivity index (χ0v) is 17.4. The van der Waals surface area contributed by atoms with Crippen LogP contribution >= 0.6 is 11.3 Å². The molecule has 9 heteroatoms. The fourth-order valence-corrected chi connectivity index (χ4v) is 4.46. The second-order valence-corrected chi connectivity index (χ2v) is 7.81. The first-order chi connectivity index (χ1) is 14.4. The van der Waals surface area contributed by atoms with Gasteiger partial charge >= 0.3 is 5.97 Å². The standard InChI is InChI=1S/C21H19FN4O3S/c1-4-29-20(28)17-12(2)24-21-26(18(17)14-5-7-15(22)8-6-14)19(27)16(30-21)9-13-10-23-25(3)11-13/h5-11,18H,4H2,1-3H3/b16-9-. The van der Waals surface area contributed by atoms with E-state index in [0.29, 0.717) is 20.6 Å². The van der Waals surface area contributed by atoms with Crippen LogP contribution in [0.3, 0.4) is 0 Å². The molecule has 2 aromatic heterocycles. The van der Waals surface area contributed by atoms with Crippen molar-refractivity contribution < 1.29 is 13.9 Å². The smallest absolute Gasteiger partial charge is 0.338 e. The van der Waals surface area contributed by atoms with E-state index in [2.05, 4.69) is 10.1 Å². The Bertz CT molecular complexity index is 1330. The highest BCUT2D eigenvalue weighted by Crippen LogP contribution is 2.30. The number of rotatable bonds is 4. The van der Waals surface area contributed by atoms with Gasteiger partial charge in [0.15, 0.2) is 4.80 Å². The fraction of sp³-hybridized carbons (Fsp3) is 0.238. The lowest BCUT2D eigenvalue weighted by Gasteiger charge is -2.24. The van der Waals surface area contributed by atoms with E-state index in [1.165, 1.54) is 28.0 Å². The Balaban J connectivity index is 1.96. The second-order valence-electron chi connectivity index (χ2n) is 6.80. The molecule has 0 amide bonds. The summed E-state index contributed by atoms with van der Waals surface area (Å²) in [4.78, 5) is 31.0. The molecule has 4 rings (SSSR count). The number of hydrogen-bond donors (Lipinski definition) is 0. The Labute approximate surface area is 175 Å². The van der Waals surface area contributed by atoms with Crippen molar-refractivity contribution in [3.63, 3.8) is 0 Å². The van der Waals surface area contributed by atoms with Crippen LogP contribution in [0.25, 0.3) is 6.08 Å². The maximum absolute atomic E-state index is 13.5. The molecule has 7 nitrogen and oxygen atoms in total. The predicted molar refractivity (Wildman–Crippen MR) is 110 cm³/mol. The van der Waals surface area contributed by atoms with E-state index in [4.69, 9.17) is 4.74 Å². The Morgan fingerprint density at radius 2 is 2.07 bits per heavy atom. The summed E-state index contributed by atoms with van der Waals surface area (Å²) < 4.78 is 22.3. The van der Waals surface area contributed by atoms with Gasteiger partial charge in [0.05, 0.1) is 34.6 Å². The van der Waals surface area contributed by atoms with Gasteiger partial charge in [0, 0.05) is 18.8 Å². The third-order valence-electron chi connectivity index (χ3n) is 4.73. The molecule has 30 heavy (non-hydrogen) atoms. The van der Waals surface area contributed by atoms with Gasteiger partial charge in [-0.1, -0.05) is 23.5 Å². The molecule has 1 aliphatic rings. The number of hydrogen-bond acceptors (Lipinski definition) is 6. The summed E-state index contributed by atoms with van der Waals surface area (Å²) in [5.41, 5.74) is 1.83. The van der Waals surface area contributed by atoms with E-state index < -0.39 is 17.8 Å². The van der Waals surface area contributed by atoms with E-state index in [1.54, 1.807) is 56.2 Å². The summed E-state index contributed by atoms with van der Waals surface area (Å²) in [7, 11) is 1.79. The van der Waals surface area contributed by atoms with Crippen LogP contribution in [-0.4, -0.2) is 26.9 Å². The van der Waals surface area contributed by atoms with E-state index in [0.717, 1.165) is 5.56 Å². The van der Waals surface area contributed by atoms with E-state index in [-0.39, 0.29) is 17.7 Å². The Kier molecular flexibility index (Phi) is 5.21. The first-order valence-electron chi connectivity index (χ1n) is 9.33. The maximum Gasteiger partial charge on any atom is 0.338 e. The van der Waals surface area contributed by atoms with E-state index in [1.807, 2.05) is 0 Å². The number of allylic oxidation sites excluding steroid dienone is 1. The zero-order valence-electron chi connectivity index (χ0n) is 16.6. The molecule has 1 aromatic carbocycles. The lowest BCUT2D eigenvalue weighted by atomic mass is 9.96. The predicted octanol–water partition coefficient (Wildman–Crippen LogP) is 1.67. The quantitative estimate of drug-likeness (QED) is 0.595. The summed E-state index contributed by atoms with van der Waals surface area (Å²) in [5, 5.41) is 4.12. The largest absolute Gasteiger partial charge is 0.463 e. The molecule has 154 valence electrons. The second kappa shape index (κ2) is 7.83. The molecule has 0 fully saturated rings. The zero-order chi connectivity index (χ0) is 21.4. The van der Waals surface area contributed by atoms with Crippen LogP contribution in [0.1, 0.15) is 31.0 Å². The van der Waals surface area contributed by atoms with Crippen molar-refractivity contribution in [2.24, 2.45) is 12.0 Å². The van der Waals surface area contributed by atoms with Gasteiger partial charge in [-0.2, -0.15) is 5.10 Å². The van der Waals surface area contributed by atoms with Crippen molar-refractivity contribution in [3.05, 3.63) is 84.6 Å². The van der Waals surface area contributed by atoms with Gasteiger partial charge in [-0.25, -0.2) is 14.2 Å². The number of ether oxygens (including phenoxy) is 1. The summed E-state index contributed by atoms with van der Waals surface area (Å²) in [5.74, 6) is -0.948. The summed E-state index contributed by atoms with van der Waals surface area (Å²) in [6.45, 7) is 3.61. The molecule has 1 unspecified atom stereocenters. The molecular weight excluding hydrogens is 407 g/mol. The van der Waals surface area contributed by atoms with Crippen LogP contribution in [0.2, 0.25) is 0 Å². The SMILES string of the molecule is CCOC(=O)C1=C(C)N=c2s/c(=C\c3cnn(C)c3)c(=O)n2C1c1ccc(F)cc1. The van der Waals surface area contributed by atoms with Crippen LogP contribution in [0.15, 0.2) is 57.7 Å². The molecule has 0 aliphatic carbocycles. The van der Waals surface area contributed by atoms with Gasteiger partial charge < -0.3 is 4.74 Å². The first-order valence-corrected chi connectivity index (χ1v) is 10.1. The number of benzene rings is 1. The highest BCUT2D eigenvalue weighted by atomic mass is 32.1. The molecule has 1 atom stereocenters. The number of thiazole rings is 1. The van der Waals surface area contributed by atoms with Crippen LogP contribution in [-0.2, 0) is 16.6 Å². The first kappa shape index (κ1) is 20.0. The van der Waals surface area contributed by atoms with Crippen LogP contribution in [0.5, 0.6) is 0 Å². The van der Waals surface area contributed by atoms with Crippen LogP contribution < -0.4 is 14.9 Å². The maximum atomic E-state index is 13.5. The minimum atomic E-state index is -0.753. The summed E-state index contributed by atoms with van der Waals surface area (Å²) in [6, 6.07) is 4.99. The number of esters is 1.